The van der Waals surface area contributed by atoms with Crippen LogP contribution in [0.25, 0.3) is 10.9 Å². The molecule has 0 aliphatic carbocycles. The summed E-state index contributed by atoms with van der Waals surface area (Å²) >= 11 is 0. The SMILES string of the molecule is COC(=O)CCCc1ccc2c(C(N)=O)c(NC(N)=O)[nH]c2c1. The lowest BCUT2D eigenvalue weighted by atomic mass is 10.0. The third-order valence-corrected chi connectivity index (χ3v) is 3.43. The van der Waals surface area contributed by atoms with Crippen molar-refractivity contribution >= 4 is 34.6 Å². The third kappa shape index (κ3) is 3.79. The van der Waals surface area contributed by atoms with Crippen LogP contribution in [0.4, 0.5) is 10.6 Å². The van der Waals surface area contributed by atoms with E-state index in [1.54, 1.807) is 6.07 Å². The van der Waals surface area contributed by atoms with Crippen LogP contribution in [0.3, 0.4) is 0 Å². The first-order valence-corrected chi connectivity index (χ1v) is 7.00. The molecule has 8 nitrogen and oxygen atoms in total. The molecule has 8 heteroatoms. The Morgan fingerprint density at radius 3 is 2.61 bits per heavy atom. The molecule has 0 radical (unpaired) electrons. The van der Waals surface area contributed by atoms with E-state index in [2.05, 4.69) is 15.0 Å². The fraction of sp³-hybridized carbons (Fsp3) is 0.267. The highest BCUT2D eigenvalue weighted by Crippen LogP contribution is 2.27. The maximum Gasteiger partial charge on any atom is 0.317 e. The van der Waals surface area contributed by atoms with Gasteiger partial charge in [0.15, 0.2) is 0 Å². The van der Waals surface area contributed by atoms with E-state index in [1.165, 1.54) is 7.11 Å². The molecule has 2 aromatic rings. The summed E-state index contributed by atoms with van der Waals surface area (Å²) in [5, 5.41) is 2.95. The number of aromatic amines is 1. The minimum Gasteiger partial charge on any atom is -0.469 e. The molecule has 122 valence electrons. The van der Waals surface area contributed by atoms with Crippen LogP contribution in [0.2, 0.25) is 0 Å². The van der Waals surface area contributed by atoms with Crippen LogP contribution in [-0.2, 0) is 16.0 Å². The summed E-state index contributed by atoms with van der Waals surface area (Å²) in [6, 6.07) is 4.63. The fourth-order valence-electron chi connectivity index (χ4n) is 2.41. The number of H-pyrrole nitrogens is 1. The topological polar surface area (TPSA) is 140 Å². The highest BCUT2D eigenvalue weighted by molar-refractivity contribution is 6.12. The molecular formula is C15H18N4O4. The summed E-state index contributed by atoms with van der Waals surface area (Å²) < 4.78 is 4.59. The molecular weight excluding hydrogens is 300 g/mol. The van der Waals surface area contributed by atoms with Crippen LogP contribution in [0.5, 0.6) is 0 Å². The molecule has 1 heterocycles. The first-order valence-electron chi connectivity index (χ1n) is 7.00. The first kappa shape index (κ1) is 16.3. The number of methoxy groups -OCH3 is 1. The number of primary amides is 2. The quantitative estimate of drug-likeness (QED) is 0.595. The number of esters is 1. The zero-order chi connectivity index (χ0) is 17.0. The minimum absolute atomic E-state index is 0.173. The van der Waals surface area contributed by atoms with Crippen molar-refractivity contribution in [2.24, 2.45) is 11.5 Å². The summed E-state index contributed by atoms with van der Waals surface area (Å²) in [4.78, 5) is 36.6. The molecule has 1 aromatic carbocycles. The molecule has 0 saturated heterocycles. The molecule has 1 aromatic heterocycles. The zero-order valence-corrected chi connectivity index (χ0v) is 12.6. The summed E-state index contributed by atoms with van der Waals surface area (Å²) in [5.41, 5.74) is 12.3. The van der Waals surface area contributed by atoms with E-state index in [4.69, 9.17) is 11.5 Å². The number of hydrogen-bond donors (Lipinski definition) is 4. The standard InChI is InChI=1S/C15H18N4O4/c1-23-11(20)4-2-3-8-5-6-9-10(7-8)18-14(19-15(17)22)12(9)13(16)21/h5-7,18H,2-4H2,1H3,(H2,16,21)(H3,17,19,22). The molecule has 2 rings (SSSR count). The van der Waals surface area contributed by atoms with Gasteiger partial charge in [-0.2, -0.15) is 0 Å². The van der Waals surface area contributed by atoms with Gasteiger partial charge in [-0.25, -0.2) is 4.79 Å². The third-order valence-electron chi connectivity index (χ3n) is 3.43. The van der Waals surface area contributed by atoms with Gasteiger partial charge < -0.3 is 21.2 Å². The van der Waals surface area contributed by atoms with Crippen LogP contribution < -0.4 is 16.8 Å². The Bertz CT molecular complexity index is 766. The van der Waals surface area contributed by atoms with Gasteiger partial charge in [0.05, 0.1) is 12.7 Å². The number of rotatable bonds is 6. The Hall–Kier alpha value is -3.03. The molecule has 0 aliphatic rings. The number of nitrogens with one attached hydrogen (secondary N) is 2. The van der Waals surface area contributed by atoms with Crippen LogP contribution >= 0.6 is 0 Å². The second-order valence-electron chi connectivity index (χ2n) is 5.04. The van der Waals surface area contributed by atoms with Crippen molar-refractivity contribution in [1.82, 2.24) is 4.98 Å². The van der Waals surface area contributed by atoms with Crippen LogP contribution in [0.1, 0.15) is 28.8 Å². The van der Waals surface area contributed by atoms with Gasteiger partial charge in [0.1, 0.15) is 5.82 Å². The maximum atomic E-state index is 11.6. The van der Waals surface area contributed by atoms with Crippen molar-refractivity contribution in [3.8, 4) is 0 Å². The number of ether oxygens (including phenoxy) is 1. The van der Waals surface area contributed by atoms with E-state index in [1.807, 2.05) is 12.1 Å². The Morgan fingerprint density at radius 1 is 1.26 bits per heavy atom. The molecule has 0 unspecified atom stereocenters. The van der Waals surface area contributed by atoms with Gasteiger partial charge in [-0.1, -0.05) is 12.1 Å². The number of carbonyl (C=O) groups is 3. The smallest absolute Gasteiger partial charge is 0.317 e. The zero-order valence-electron chi connectivity index (χ0n) is 12.6. The number of benzene rings is 1. The first-order chi connectivity index (χ1) is 10.9. The molecule has 6 N–H and O–H groups in total. The second kappa shape index (κ2) is 6.82. The van der Waals surface area contributed by atoms with Crippen molar-refractivity contribution in [2.75, 3.05) is 12.4 Å². The average Bonchev–Trinajstić information content (AvgIpc) is 2.83. The van der Waals surface area contributed by atoms with Gasteiger partial charge in [-0.3, -0.25) is 14.9 Å². The van der Waals surface area contributed by atoms with Gasteiger partial charge in [-0.15, -0.1) is 0 Å². The Labute approximate surface area is 132 Å². The Kier molecular flexibility index (Phi) is 4.85. The van der Waals surface area contributed by atoms with E-state index >= 15 is 0 Å². The van der Waals surface area contributed by atoms with E-state index in [-0.39, 0.29) is 17.4 Å². The summed E-state index contributed by atoms with van der Waals surface area (Å²) in [6.07, 6.45) is 1.66. The van der Waals surface area contributed by atoms with Crippen molar-refractivity contribution in [3.63, 3.8) is 0 Å². The molecule has 0 saturated carbocycles. The van der Waals surface area contributed by atoms with Crippen LogP contribution in [0, 0.1) is 0 Å². The molecule has 0 bridgehead atoms. The Morgan fingerprint density at radius 2 is 2.00 bits per heavy atom. The number of urea groups is 1. The second-order valence-corrected chi connectivity index (χ2v) is 5.04. The highest BCUT2D eigenvalue weighted by Gasteiger charge is 2.17. The minimum atomic E-state index is -0.794. The molecule has 0 atom stereocenters. The average molecular weight is 318 g/mol. The number of fused-ring (bicyclic) bond motifs is 1. The van der Waals surface area contributed by atoms with Crippen LogP contribution in [0.15, 0.2) is 18.2 Å². The lowest BCUT2D eigenvalue weighted by Crippen LogP contribution is -2.22. The molecule has 0 aliphatic heterocycles. The van der Waals surface area contributed by atoms with Gasteiger partial charge >= 0.3 is 12.0 Å². The van der Waals surface area contributed by atoms with Gasteiger partial charge in [0.2, 0.25) is 0 Å². The van der Waals surface area contributed by atoms with E-state index in [9.17, 15) is 14.4 Å². The maximum absolute atomic E-state index is 11.6. The fourth-order valence-corrected chi connectivity index (χ4v) is 2.41. The molecule has 3 amide bonds. The lowest BCUT2D eigenvalue weighted by Gasteiger charge is -2.02. The van der Waals surface area contributed by atoms with Gasteiger partial charge in [-0.05, 0) is 24.5 Å². The lowest BCUT2D eigenvalue weighted by molar-refractivity contribution is -0.140. The predicted octanol–water partition coefficient (Wildman–Crippen LogP) is 1.25. The highest BCUT2D eigenvalue weighted by atomic mass is 16.5. The molecule has 0 fully saturated rings. The number of aromatic nitrogens is 1. The largest absolute Gasteiger partial charge is 0.469 e. The summed E-state index contributed by atoms with van der Waals surface area (Å²) in [5.74, 6) is -0.750. The van der Waals surface area contributed by atoms with E-state index in [0.29, 0.717) is 30.2 Å². The number of amides is 3. The van der Waals surface area contributed by atoms with Gasteiger partial charge in [0, 0.05) is 17.3 Å². The van der Waals surface area contributed by atoms with Crippen molar-refractivity contribution in [2.45, 2.75) is 19.3 Å². The summed E-state index contributed by atoms with van der Waals surface area (Å²) in [7, 11) is 1.35. The van der Waals surface area contributed by atoms with Gasteiger partial charge in [0.25, 0.3) is 5.91 Å². The number of nitrogens with two attached hydrogens (primary N) is 2. The number of anilines is 1. The Balaban J connectivity index is 2.27. The van der Waals surface area contributed by atoms with Crippen molar-refractivity contribution in [1.29, 1.82) is 0 Å². The number of aryl methyl sites for hydroxylation is 1. The summed E-state index contributed by atoms with van der Waals surface area (Å²) in [6.45, 7) is 0. The number of hydrogen-bond acceptors (Lipinski definition) is 4. The predicted molar refractivity (Wildman–Crippen MR) is 85.0 cm³/mol. The molecule has 23 heavy (non-hydrogen) atoms. The monoisotopic (exact) mass is 318 g/mol. The van der Waals surface area contributed by atoms with E-state index in [0.717, 1.165) is 5.56 Å². The van der Waals surface area contributed by atoms with Crippen molar-refractivity contribution < 1.29 is 19.1 Å². The molecule has 0 spiro atoms. The van der Waals surface area contributed by atoms with Crippen molar-refractivity contribution in [3.05, 3.63) is 29.3 Å². The van der Waals surface area contributed by atoms with E-state index < -0.39 is 11.9 Å². The number of carbonyl (C=O) groups excluding carboxylic acids is 3. The normalized spacial score (nSPS) is 10.5. The van der Waals surface area contributed by atoms with Crippen LogP contribution in [-0.4, -0.2) is 30.0 Å².